The Bertz CT molecular complexity index is 899. The molecule has 0 atom stereocenters. The van der Waals surface area contributed by atoms with Crippen molar-refractivity contribution in [3.63, 3.8) is 0 Å². The molecule has 2 rings (SSSR count). The number of nitrogens with zero attached hydrogens (tertiary/aromatic N) is 2. The molecule has 132 valence electrons. The minimum atomic E-state index is -3.49. The molecule has 0 saturated carbocycles. The molecule has 6 nitrogen and oxygen atoms in total. The minimum Gasteiger partial charge on any atom is -0.331 e. The van der Waals surface area contributed by atoms with Crippen molar-refractivity contribution >= 4 is 61.8 Å². The normalized spacial score (nSPS) is 11.7. The van der Waals surface area contributed by atoms with Crippen LogP contribution in [0.15, 0.2) is 58.5 Å². The average molecular weight is 488 g/mol. The second-order valence-corrected chi connectivity index (χ2v) is 8.88. The number of anilines is 1. The fraction of sp³-hybridized carbons (Fsp3) is 0.125. The summed E-state index contributed by atoms with van der Waals surface area (Å²) in [6, 6.07) is 14.2. The molecular formula is C16H17IN4O2S2. The number of nitrogens with one attached hydrogen (secondary N) is 2. The number of hydrazone groups is 1. The highest BCUT2D eigenvalue weighted by atomic mass is 127. The van der Waals surface area contributed by atoms with Crippen LogP contribution in [-0.2, 0) is 10.0 Å². The van der Waals surface area contributed by atoms with E-state index < -0.39 is 10.0 Å². The van der Waals surface area contributed by atoms with Gasteiger partial charge in [0.25, 0.3) is 0 Å². The summed E-state index contributed by atoms with van der Waals surface area (Å²) < 4.78 is 26.5. The second kappa shape index (κ2) is 8.70. The average Bonchev–Trinajstić information content (AvgIpc) is 2.56. The lowest BCUT2D eigenvalue weighted by Gasteiger charge is -2.13. The van der Waals surface area contributed by atoms with Gasteiger partial charge in [-0.3, -0.25) is 5.43 Å². The van der Waals surface area contributed by atoms with Crippen LogP contribution in [0.25, 0.3) is 0 Å². The Balaban J connectivity index is 2.03. The highest BCUT2D eigenvalue weighted by molar-refractivity contribution is 14.1. The van der Waals surface area contributed by atoms with E-state index in [0.717, 1.165) is 13.4 Å². The summed E-state index contributed by atoms with van der Waals surface area (Å²) in [4.78, 5) is 0.188. The number of benzene rings is 2. The maximum absolute atomic E-state index is 12.2. The molecule has 0 radical (unpaired) electrons. The van der Waals surface area contributed by atoms with E-state index in [1.54, 1.807) is 18.3 Å². The van der Waals surface area contributed by atoms with Gasteiger partial charge >= 0.3 is 0 Å². The summed E-state index contributed by atoms with van der Waals surface area (Å²) >= 11 is 7.40. The van der Waals surface area contributed by atoms with E-state index in [-0.39, 0.29) is 10.0 Å². The van der Waals surface area contributed by atoms with Gasteiger partial charge in [0, 0.05) is 28.9 Å². The van der Waals surface area contributed by atoms with Crippen molar-refractivity contribution < 1.29 is 8.42 Å². The molecule has 0 unspecified atom stereocenters. The molecule has 0 aromatic heterocycles. The molecule has 0 fully saturated rings. The third kappa shape index (κ3) is 5.46. The lowest BCUT2D eigenvalue weighted by Crippen LogP contribution is -2.25. The molecule has 9 heteroatoms. The van der Waals surface area contributed by atoms with Crippen molar-refractivity contribution in [3.8, 4) is 0 Å². The molecule has 0 aliphatic carbocycles. The highest BCUT2D eigenvalue weighted by Crippen LogP contribution is 2.17. The number of hydrogen-bond donors (Lipinski definition) is 2. The highest BCUT2D eigenvalue weighted by Gasteiger charge is 2.17. The summed E-state index contributed by atoms with van der Waals surface area (Å²) in [5, 5.41) is 7.27. The van der Waals surface area contributed by atoms with E-state index in [2.05, 4.69) is 38.4 Å². The van der Waals surface area contributed by atoms with E-state index in [0.29, 0.717) is 5.69 Å². The second-order valence-electron chi connectivity index (χ2n) is 5.16. The first kappa shape index (κ1) is 19.8. The molecule has 0 heterocycles. The van der Waals surface area contributed by atoms with E-state index in [4.69, 9.17) is 12.2 Å². The molecule has 0 aliphatic heterocycles. The molecule has 0 aliphatic rings. The third-order valence-electron chi connectivity index (χ3n) is 3.15. The Morgan fingerprint density at radius 1 is 1.20 bits per heavy atom. The predicted molar refractivity (Wildman–Crippen MR) is 113 cm³/mol. The Morgan fingerprint density at radius 2 is 1.92 bits per heavy atom. The number of hydrogen-bond acceptors (Lipinski definition) is 4. The topological polar surface area (TPSA) is 73.8 Å². The predicted octanol–water partition coefficient (Wildman–Crippen LogP) is 2.86. The first-order valence-corrected chi connectivity index (χ1v) is 10.1. The number of thiocarbonyl (C=S) groups is 1. The zero-order valence-electron chi connectivity index (χ0n) is 13.6. The Morgan fingerprint density at radius 3 is 2.60 bits per heavy atom. The van der Waals surface area contributed by atoms with Gasteiger partial charge in [-0.15, -0.1) is 0 Å². The van der Waals surface area contributed by atoms with Gasteiger partial charge in [-0.1, -0.05) is 24.3 Å². The van der Waals surface area contributed by atoms with Crippen LogP contribution in [0.2, 0.25) is 0 Å². The Labute approximate surface area is 166 Å². The zero-order chi connectivity index (χ0) is 18.4. The van der Waals surface area contributed by atoms with Crippen LogP contribution in [0.4, 0.5) is 5.69 Å². The molecule has 2 aromatic carbocycles. The lowest BCUT2D eigenvalue weighted by atomic mass is 10.2. The SMILES string of the molecule is CN(C)S(=O)(=O)c1cccc(NC(=S)N/N=C\c2ccccc2I)c1. The van der Waals surface area contributed by atoms with Crippen molar-refractivity contribution in [2.24, 2.45) is 5.10 Å². The molecule has 0 amide bonds. The summed E-state index contributed by atoms with van der Waals surface area (Å²) in [6.45, 7) is 0. The standard InChI is InChI=1S/C16H17IN4O2S2/c1-21(2)25(22,23)14-8-5-7-13(10-14)19-16(24)20-18-11-12-6-3-4-9-15(12)17/h3-11H,1-2H3,(H2,19,20,24)/b18-11-. The molecule has 2 N–H and O–H groups in total. The van der Waals surface area contributed by atoms with Crippen LogP contribution >= 0.6 is 34.8 Å². The minimum absolute atomic E-state index is 0.188. The molecule has 0 spiro atoms. The van der Waals surface area contributed by atoms with Crippen molar-refractivity contribution in [2.45, 2.75) is 4.90 Å². The van der Waals surface area contributed by atoms with Gasteiger partial charge in [0.05, 0.1) is 11.1 Å². The maximum Gasteiger partial charge on any atom is 0.242 e. The van der Waals surface area contributed by atoms with Gasteiger partial charge in [-0.2, -0.15) is 5.10 Å². The van der Waals surface area contributed by atoms with Gasteiger partial charge < -0.3 is 5.32 Å². The zero-order valence-corrected chi connectivity index (χ0v) is 17.4. The van der Waals surface area contributed by atoms with Crippen molar-refractivity contribution in [1.82, 2.24) is 9.73 Å². The van der Waals surface area contributed by atoms with Crippen LogP contribution in [-0.4, -0.2) is 38.1 Å². The van der Waals surface area contributed by atoms with Crippen molar-refractivity contribution in [3.05, 3.63) is 57.7 Å². The van der Waals surface area contributed by atoms with E-state index >= 15 is 0 Å². The molecule has 2 aromatic rings. The van der Waals surface area contributed by atoms with E-state index in [1.807, 2.05) is 24.3 Å². The van der Waals surface area contributed by atoms with Gasteiger partial charge in [0.2, 0.25) is 10.0 Å². The summed E-state index contributed by atoms with van der Waals surface area (Å²) in [5.74, 6) is 0. The maximum atomic E-state index is 12.2. The summed E-state index contributed by atoms with van der Waals surface area (Å²) in [6.07, 6.45) is 1.67. The van der Waals surface area contributed by atoms with Gasteiger partial charge in [-0.05, 0) is 59.1 Å². The van der Waals surface area contributed by atoms with Gasteiger partial charge in [0.15, 0.2) is 5.11 Å². The lowest BCUT2D eigenvalue weighted by molar-refractivity contribution is 0.521. The van der Waals surface area contributed by atoms with Crippen LogP contribution in [0.5, 0.6) is 0 Å². The number of rotatable bonds is 5. The fourth-order valence-electron chi connectivity index (χ4n) is 1.84. The van der Waals surface area contributed by atoms with Crippen LogP contribution in [0.1, 0.15) is 5.56 Å². The third-order valence-corrected chi connectivity index (χ3v) is 6.13. The first-order valence-electron chi connectivity index (χ1n) is 7.18. The first-order chi connectivity index (χ1) is 11.8. The van der Waals surface area contributed by atoms with Gasteiger partial charge in [0.1, 0.15) is 0 Å². The molecule has 0 bridgehead atoms. The van der Waals surface area contributed by atoms with E-state index in [9.17, 15) is 8.42 Å². The number of halogens is 1. The molecule has 0 saturated heterocycles. The van der Waals surface area contributed by atoms with Gasteiger partial charge in [-0.25, -0.2) is 12.7 Å². The molecule has 25 heavy (non-hydrogen) atoms. The molecular weight excluding hydrogens is 471 g/mol. The largest absolute Gasteiger partial charge is 0.331 e. The van der Waals surface area contributed by atoms with Crippen LogP contribution < -0.4 is 10.7 Å². The smallest absolute Gasteiger partial charge is 0.242 e. The van der Waals surface area contributed by atoms with Crippen LogP contribution in [0.3, 0.4) is 0 Å². The quantitative estimate of drug-likeness (QED) is 0.293. The Kier molecular flexibility index (Phi) is 6.87. The fourth-order valence-corrected chi connectivity index (χ4v) is 3.49. The van der Waals surface area contributed by atoms with Crippen molar-refractivity contribution in [2.75, 3.05) is 19.4 Å². The monoisotopic (exact) mass is 488 g/mol. The summed E-state index contributed by atoms with van der Waals surface area (Å²) in [5.41, 5.74) is 4.24. The van der Waals surface area contributed by atoms with Crippen LogP contribution in [0, 0.1) is 3.57 Å². The summed E-state index contributed by atoms with van der Waals surface area (Å²) in [7, 11) is -0.519. The number of sulfonamides is 1. The van der Waals surface area contributed by atoms with E-state index in [1.165, 1.54) is 26.2 Å². The van der Waals surface area contributed by atoms with Crippen molar-refractivity contribution in [1.29, 1.82) is 0 Å². The Hall–Kier alpha value is -1.56.